The van der Waals surface area contributed by atoms with Crippen molar-refractivity contribution in [2.24, 2.45) is 0 Å². The quantitative estimate of drug-likeness (QED) is 0.800. The van der Waals surface area contributed by atoms with E-state index in [1.807, 2.05) is 11.6 Å². The van der Waals surface area contributed by atoms with Crippen LogP contribution in [0.25, 0.3) is 0 Å². The highest BCUT2D eigenvalue weighted by atomic mass is 16.2. The Hall–Kier alpha value is -2.96. The summed E-state index contributed by atoms with van der Waals surface area (Å²) >= 11 is 0. The number of aromatic nitrogens is 3. The minimum absolute atomic E-state index is 0.0499. The molecule has 1 aliphatic heterocycles. The molecule has 7 nitrogen and oxygen atoms in total. The molecule has 0 bridgehead atoms. The normalized spacial score (nSPS) is 13.3. The molecule has 0 saturated carbocycles. The van der Waals surface area contributed by atoms with E-state index in [1.54, 1.807) is 36.2 Å². The van der Waals surface area contributed by atoms with Gasteiger partial charge in [-0.3, -0.25) is 9.59 Å². The molecule has 0 saturated heterocycles. The summed E-state index contributed by atoms with van der Waals surface area (Å²) in [4.78, 5) is 31.9. The summed E-state index contributed by atoms with van der Waals surface area (Å²) in [6.07, 6.45) is 1.25. The average Bonchev–Trinajstić information content (AvgIpc) is 2.99. The molecule has 0 spiro atoms. The average molecular weight is 325 g/mol. The number of aryl methyl sites for hydroxylation is 1. The van der Waals surface area contributed by atoms with Gasteiger partial charge in [-0.2, -0.15) is 5.10 Å². The largest absolute Gasteiger partial charge is 0.329 e. The van der Waals surface area contributed by atoms with Crippen LogP contribution >= 0.6 is 0 Å². The van der Waals surface area contributed by atoms with Crippen molar-refractivity contribution in [2.45, 2.75) is 20.0 Å². The van der Waals surface area contributed by atoms with E-state index in [1.165, 1.54) is 11.0 Å². The summed E-state index contributed by atoms with van der Waals surface area (Å²) in [6.45, 7) is 7.02. The number of carbonyl (C=O) groups excluding carboxylic acids is 2. The summed E-state index contributed by atoms with van der Waals surface area (Å²) in [7, 11) is 1.67. The molecule has 3 rings (SSSR count). The van der Waals surface area contributed by atoms with Gasteiger partial charge in [0.25, 0.3) is 5.91 Å². The molecule has 0 radical (unpaired) electrons. The lowest BCUT2D eigenvalue weighted by Crippen LogP contribution is -2.38. The van der Waals surface area contributed by atoms with Crippen molar-refractivity contribution in [3.05, 3.63) is 54.1 Å². The lowest BCUT2D eigenvalue weighted by molar-refractivity contribution is -0.113. The summed E-state index contributed by atoms with van der Waals surface area (Å²) in [5.74, 6) is 1.28. The Morgan fingerprint density at radius 2 is 1.96 bits per heavy atom. The van der Waals surface area contributed by atoms with Gasteiger partial charge in [0.15, 0.2) is 0 Å². The monoisotopic (exact) mass is 325 g/mol. The van der Waals surface area contributed by atoms with Gasteiger partial charge in [-0.1, -0.05) is 6.58 Å². The molecule has 24 heavy (non-hydrogen) atoms. The fourth-order valence-corrected chi connectivity index (χ4v) is 2.71. The van der Waals surface area contributed by atoms with E-state index in [2.05, 4.69) is 16.7 Å². The maximum atomic E-state index is 12.7. The van der Waals surface area contributed by atoms with Crippen LogP contribution in [0, 0.1) is 6.92 Å². The molecule has 7 heteroatoms. The molecule has 2 aromatic rings. The van der Waals surface area contributed by atoms with E-state index in [-0.39, 0.29) is 11.8 Å². The number of likely N-dealkylation sites (N-methyl/N-ethyl adjacent to an activating group) is 1. The topological polar surface area (TPSA) is 71.3 Å². The van der Waals surface area contributed by atoms with Crippen molar-refractivity contribution in [2.75, 3.05) is 18.5 Å². The lowest BCUT2D eigenvalue weighted by Gasteiger charge is -2.27. The standard InChI is InChI=1S/C17H19N5O2/c1-4-16(23)20(3)14-7-5-13(6-8-14)17(24)21-9-10-22-15(11-21)18-12(2)19-22/h4-8H,1,9-11H2,2-3H3. The van der Waals surface area contributed by atoms with Gasteiger partial charge in [-0.25, -0.2) is 9.67 Å². The number of hydrogen-bond donors (Lipinski definition) is 0. The molecule has 1 aliphatic rings. The zero-order valence-electron chi connectivity index (χ0n) is 13.8. The van der Waals surface area contributed by atoms with Crippen LogP contribution in [0.4, 0.5) is 5.69 Å². The van der Waals surface area contributed by atoms with Gasteiger partial charge >= 0.3 is 0 Å². The zero-order chi connectivity index (χ0) is 17.3. The predicted molar refractivity (Wildman–Crippen MR) is 89.5 cm³/mol. The zero-order valence-corrected chi connectivity index (χ0v) is 13.8. The molecule has 0 aliphatic carbocycles. The Balaban J connectivity index is 1.74. The fourth-order valence-electron chi connectivity index (χ4n) is 2.71. The number of benzene rings is 1. The van der Waals surface area contributed by atoms with Crippen LogP contribution in [0.2, 0.25) is 0 Å². The third kappa shape index (κ3) is 2.92. The first-order valence-corrected chi connectivity index (χ1v) is 7.69. The third-order valence-corrected chi connectivity index (χ3v) is 4.06. The number of nitrogens with zero attached hydrogens (tertiary/aromatic N) is 5. The Kier molecular flexibility index (Phi) is 4.16. The molecule has 1 aromatic heterocycles. The second kappa shape index (κ2) is 6.27. The molecule has 2 heterocycles. The Morgan fingerprint density at radius 3 is 2.62 bits per heavy atom. The summed E-state index contributed by atoms with van der Waals surface area (Å²) in [6, 6.07) is 6.97. The first kappa shape index (κ1) is 15.9. The van der Waals surface area contributed by atoms with Gasteiger partial charge in [0.05, 0.1) is 13.1 Å². The van der Waals surface area contributed by atoms with Gasteiger partial charge in [-0.05, 0) is 37.3 Å². The van der Waals surface area contributed by atoms with Gasteiger partial charge in [0.1, 0.15) is 11.6 Å². The van der Waals surface area contributed by atoms with E-state index in [0.29, 0.717) is 30.9 Å². The molecular formula is C17H19N5O2. The minimum Gasteiger partial charge on any atom is -0.329 e. The minimum atomic E-state index is -0.195. The van der Waals surface area contributed by atoms with Crippen molar-refractivity contribution in [3.8, 4) is 0 Å². The molecule has 124 valence electrons. The van der Waals surface area contributed by atoms with Crippen molar-refractivity contribution < 1.29 is 9.59 Å². The van der Waals surface area contributed by atoms with Crippen LogP contribution < -0.4 is 4.90 Å². The molecule has 2 amide bonds. The van der Waals surface area contributed by atoms with E-state index in [9.17, 15) is 9.59 Å². The molecular weight excluding hydrogens is 306 g/mol. The van der Waals surface area contributed by atoms with Crippen molar-refractivity contribution in [3.63, 3.8) is 0 Å². The Labute approximate surface area is 140 Å². The third-order valence-electron chi connectivity index (χ3n) is 4.06. The Bertz CT molecular complexity index is 794. The van der Waals surface area contributed by atoms with Crippen molar-refractivity contribution in [1.29, 1.82) is 0 Å². The highest BCUT2D eigenvalue weighted by Crippen LogP contribution is 2.18. The number of amides is 2. The first-order valence-electron chi connectivity index (χ1n) is 7.69. The number of fused-ring (bicyclic) bond motifs is 1. The van der Waals surface area contributed by atoms with Crippen LogP contribution in [0.1, 0.15) is 22.0 Å². The number of carbonyl (C=O) groups is 2. The van der Waals surface area contributed by atoms with Gasteiger partial charge in [-0.15, -0.1) is 0 Å². The van der Waals surface area contributed by atoms with Gasteiger partial charge in [0, 0.05) is 24.8 Å². The van der Waals surface area contributed by atoms with E-state index in [0.717, 1.165) is 11.6 Å². The van der Waals surface area contributed by atoms with Gasteiger partial charge in [0.2, 0.25) is 5.91 Å². The maximum absolute atomic E-state index is 12.7. The van der Waals surface area contributed by atoms with Crippen LogP contribution in [0.5, 0.6) is 0 Å². The first-order chi connectivity index (χ1) is 11.5. The molecule has 0 unspecified atom stereocenters. The van der Waals surface area contributed by atoms with Crippen LogP contribution in [0.3, 0.4) is 0 Å². The molecule has 0 fully saturated rings. The smallest absolute Gasteiger partial charge is 0.254 e. The van der Waals surface area contributed by atoms with Crippen LogP contribution in [-0.4, -0.2) is 45.1 Å². The maximum Gasteiger partial charge on any atom is 0.254 e. The summed E-state index contributed by atoms with van der Waals surface area (Å²) in [5, 5.41) is 4.30. The van der Waals surface area contributed by atoms with E-state index < -0.39 is 0 Å². The number of anilines is 1. The number of hydrogen-bond acceptors (Lipinski definition) is 4. The number of rotatable bonds is 3. The SMILES string of the molecule is C=CC(=O)N(C)c1ccc(C(=O)N2CCn3nc(C)nc3C2)cc1. The fraction of sp³-hybridized carbons (Fsp3) is 0.294. The van der Waals surface area contributed by atoms with Gasteiger partial charge < -0.3 is 9.80 Å². The highest BCUT2D eigenvalue weighted by Gasteiger charge is 2.23. The molecule has 0 atom stereocenters. The van der Waals surface area contributed by atoms with Crippen molar-refractivity contribution >= 4 is 17.5 Å². The Morgan fingerprint density at radius 1 is 1.25 bits per heavy atom. The molecule has 1 aromatic carbocycles. The predicted octanol–water partition coefficient (Wildman–Crippen LogP) is 1.39. The summed E-state index contributed by atoms with van der Waals surface area (Å²) in [5.41, 5.74) is 1.30. The highest BCUT2D eigenvalue weighted by molar-refractivity contribution is 6.01. The van der Waals surface area contributed by atoms with E-state index in [4.69, 9.17) is 0 Å². The van der Waals surface area contributed by atoms with Crippen molar-refractivity contribution in [1.82, 2.24) is 19.7 Å². The second-order valence-electron chi connectivity index (χ2n) is 5.67. The summed E-state index contributed by atoms with van der Waals surface area (Å²) < 4.78 is 1.85. The second-order valence-corrected chi connectivity index (χ2v) is 5.67. The lowest BCUT2D eigenvalue weighted by atomic mass is 10.1. The molecule has 0 N–H and O–H groups in total. The van der Waals surface area contributed by atoms with E-state index >= 15 is 0 Å². The van der Waals surface area contributed by atoms with Crippen LogP contribution in [0.15, 0.2) is 36.9 Å². The van der Waals surface area contributed by atoms with Crippen LogP contribution in [-0.2, 0) is 17.9 Å².